The first-order valence-electron chi connectivity index (χ1n) is 6.12. The van der Waals surface area contributed by atoms with Crippen LogP contribution in [-0.4, -0.2) is 17.6 Å². The average Bonchev–Trinajstić information content (AvgIpc) is 2.33. The van der Waals surface area contributed by atoms with Crippen LogP contribution in [0.5, 0.6) is 5.75 Å². The van der Waals surface area contributed by atoms with E-state index in [-0.39, 0.29) is 11.8 Å². The number of nitrogens with one attached hydrogen (secondary N) is 1. The summed E-state index contributed by atoms with van der Waals surface area (Å²) in [4.78, 5) is 10.4. The zero-order valence-corrected chi connectivity index (χ0v) is 11.4. The van der Waals surface area contributed by atoms with Gasteiger partial charge in [-0.05, 0) is 20.8 Å². The number of non-ortho nitro benzene ring substituents is 1. The molecule has 19 heavy (non-hydrogen) atoms. The summed E-state index contributed by atoms with van der Waals surface area (Å²) in [7, 11) is 0. The highest BCUT2D eigenvalue weighted by atomic mass is 16.6. The third-order valence-corrected chi connectivity index (χ3v) is 2.23. The van der Waals surface area contributed by atoms with Crippen molar-refractivity contribution in [3.8, 4) is 17.6 Å². The number of nitrogens with zero attached hydrogens (tertiary/aromatic N) is 1. The van der Waals surface area contributed by atoms with Crippen molar-refractivity contribution < 1.29 is 9.66 Å². The standard InChI is InChI=1S/C14H18N2O3/c1-4-5-6-7-15-12-8-13(16(17)18)10-14(9-12)19-11(2)3/h8-11,15H,6-7H2,1-3H3. The van der Waals surface area contributed by atoms with Gasteiger partial charge in [-0.3, -0.25) is 10.1 Å². The molecule has 0 fully saturated rings. The summed E-state index contributed by atoms with van der Waals surface area (Å²) in [6, 6.07) is 4.68. The zero-order valence-electron chi connectivity index (χ0n) is 11.4. The molecular weight excluding hydrogens is 244 g/mol. The molecule has 0 radical (unpaired) electrons. The molecule has 1 rings (SSSR count). The first kappa shape index (κ1) is 14.8. The topological polar surface area (TPSA) is 64.4 Å². The molecule has 0 aromatic heterocycles. The number of benzene rings is 1. The van der Waals surface area contributed by atoms with E-state index in [1.165, 1.54) is 12.1 Å². The second-order valence-corrected chi connectivity index (χ2v) is 4.24. The minimum atomic E-state index is -0.426. The van der Waals surface area contributed by atoms with Crippen LogP contribution in [0.1, 0.15) is 27.2 Å². The van der Waals surface area contributed by atoms with Gasteiger partial charge < -0.3 is 10.1 Å². The molecule has 102 valence electrons. The number of hydrogen-bond acceptors (Lipinski definition) is 4. The van der Waals surface area contributed by atoms with Gasteiger partial charge in [-0.2, -0.15) is 0 Å². The minimum Gasteiger partial charge on any atom is -0.491 e. The molecule has 0 aliphatic heterocycles. The van der Waals surface area contributed by atoms with Crippen molar-refractivity contribution in [3.63, 3.8) is 0 Å². The molecule has 1 N–H and O–H groups in total. The Hall–Kier alpha value is -2.22. The fourth-order valence-corrected chi connectivity index (χ4v) is 1.53. The first-order chi connectivity index (χ1) is 9.02. The van der Waals surface area contributed by atoms with Gasteiger partial charge in [0.1, 0.15) is 5.75 Å². The summed E-state index contributed by atoms with van der Waals surface area (Å²) in [5.41, 5.74) is 0.685. The van der Waals surface area contributed by atoms with Gasteiger partial charge >= 0.3 is 0 Å². The molecule has 0 aliphatic rings. The van der Waals surface area contributed by atoms with E-state index in [1.54, 1.807) is 13.0 Å². The van der Waals surface area contributed by atoms with Gasteiger partial charge in [0, 0.05) is 30.8 Å². The molecule has 1 aromatic rings. The van der Waals surface area contributed by atoms with Gasteiger partial charge in [0.15, 0.2) is 0 Å². The van der Waals surface area contributed by atoms with Crippen molar-refractivity contribution in [1.29, 1.82) is 0 Å². The number of nitro benzene ring substituents is 1. The molecule has 0 aliphatic carbocycles. The molecule has 0 bridgehead atoms. The number of rotatable bonds is 6. The van der Waals surface area contributed by atoms with Gasteiger partial charge in [0.05, 0.1) is 17.1 Å². The normalized spacial score (nSPS) is 9.68. The highest BCUT2D eigenvalue weighted by Gasteiger charge is 2.11. The summed E-state index contributed by atoms with van der Waals surface area (Å²) in [6.07, 6.45) is 0.667. The number of hydrogen-bond donors (Lipinski definition) is 1. The van der Waals surface area contributed by atoms with Gasteiger partial charge in [-0.15, -0.1) is 11.8 Å². The number of ether oxygens (including phenoxy) is 1. The number of anilines is 1. The second kappa shape index (κ2) is 7.27. The smallest absolute Gasteiger partial charge is 0.275 e. The van der Waals surface area contributed by atoms with Crippen molar-refractivity contribution in [1.82, 2.24) is 0 Å². The summed E-state index contributed by atoms with van der Waals surface area (Å²) in [5.74, 6) is 6.22. The van der Waals surface area contributed by atoms with E-state index in [0.717, 1.165) is 0 Å². The predicted octanol–water partition coefficient (Wildman–Crippen LogP) is 3.21. The molecule has 0 atom stereocenters. The van der Waals surface area contributed by atoms with Crippen LogP contribution in [0.2, 0.25) is 0 Å². The molecule has 0 amide bonds. The fraction of sp³-hybridized carbons (Fsp3) is 0.429. The third kappa shape index (κ3) is 5.30. The molecule has 0 saturated carbocycles. The van der Waals surface area contributed by atoms with Crippen LogP contribution in [0.15, 0.2) is 18.2 Å². The lowest BCUT2D eigenvalue weighted by molar-refractivity contribution is -0.384. The van der Waals surface area contributed by atoms with Crippen molar-refractivity contribution in [2.75, 3.05) is 11.9 Å². The Labute approximate surface area is 113 Å². The SMILES string of the molecule is CC#CCCNc1cc(OC(C)C)cc([N+](=O)[O-])c1. The van der Waals surface area contributed by atoms with E-state index in [0.29, 0.717) is 24.4 Å². The third-order valence-electron chi connectivity index (χ3n) is 2.23. The molecule has 0 saturated heterocycles. The summed E-state index contributed by atoms with van der Waals surface area (Å²) in [6.45, 7) is 6.18. The average molecular weight is 262 g/mol. The minimum absolute atomic E-state index is 0.0159. The van der Waals surface area contributed by atoms with Gasteiger partial charge in [-0.1, -0.05) is 0 Å². The summed E-state index contributed by atoms with van der Waals surface area (Å²) in [5, 5.41) is 14.0. The Morgan fingerprint density at radius 3 is 2.74 bits per heavy atom. The van der Waals surface area contributed by atoms with Gasteiger partial charge in [0.2, 0.25) is 0 Å². The molecule has 5 heteroatoms. The van der Waals surface area contributed by atoms with Gasteiger partial charge in [0.25, 0.3) is 5.69 Å². The Kier molecular flexibility index (Phi) is 5.68. The molecular formula is C14H18N2O3. The predicted molar refractivity (Wildman–Crippen MR) is 75.4 cm³/mol. The quantitative estimate of drug-likeness (QED) is 0.370. The fourth-order valence-electron chi connectivity index (χ4n) is 1.53. The molecule has 0 unspecified atom stereocenters. The van der Waals surface area contributed by atoms with Crippen molar-refractivity contribution in [2.24, 2.45) is 0 Å². The molecule has 5 nitrogen and oxygen atoms in total. The second-order valence-electron chi connectivity index (χ2n) is 4.24. The van der Waals surface area contributed by atoms with E-state index in [2.05, 4.69) is 17.2 Å². The van der Waals surface area contributed by atoms with E-state index in [4.69, 9.17) is 4.74 Å². The van der Waals surface area contributed by atoms with Crippen molar-refractivity contribution in [3.05, 3.63) is 28.3 Å². The molecule has 0 heterocycles. The summed E-state index contributed by atoms with van der Waals surface area (Å²) >= 11 is 0. The monoisotopic (exact) mass is 262 g/mol. The van der Waals surface area contributed by atoms with Crippen molar-refractivity contribution >= 4 is 11.4 Å². The Bertz CT molecular complexity index is 501. The highest BCUT2D eigenvalue weighted by molar-refractivity contribution is 5.56. The van der Waals surface area contributed by atoms with E-state index >= 15 is 0 Å². The lowest BCUT2D eigenvalue weighted by Gasteiger charge is -2.11. The van der Waals surface area contributed by atoms with Crippen LogP contribution in [0.4, 0.5) is 11.4 Å². The van der Waals surface area contributed by atoms with Crippen LogP contribution >= 0.6 is 0 Å². The van der Waals surface area contributed by atoms with E-state index in [9.17, 15) is 10.1 Å². The maximum atomic E-state index is 10.9. The Morgan fingerprint density at radius 2 is 2.16 bits per heavy atom. The number of nitro groups is 1. The maximum Gasteiger partial charge on any atom is 0.275 e. The molecule has 0 spiro atoms. The zero-order chi connectivity index (χ0) is 14.3. The Balaban J connectivity index is 2.85. The first-order valence-corrected chi connectivity index (χ1v) is 6.12. The van der Waals surface area contributed by atoms with Crippen LogP contribution in [-0.2, 0) is 0 Å². The Morgan fingerprint density at radius 1 is 1.42 bits per heavy atom. The van der Waals surface area contributed by atoms with Crippen LogP contribution in [0.3, 0.4) is 0 Å². The summed E-state index contributed by atoms with van der Waals surface area (Å²) < 4.78 is 5.50. The van der Waals surface area contributed by atoms with E-state index < -0.39 is 4.92 Å². The maximum absolute atomic E-state index is 10.9. The van der Waals surface area contributed by atoms with Crippen LogP contribution < -0.4 is 10.1 Å². The van der Waals surface area contributed by atoms with Crippen molar-refractivity contribution in [2.45, 2.75) is 33.3 Å². The molecule has 1 aromatic carbocycles. The van der Waals surface area contributed by atoms with E-state index in [1.807, 2.05) is 13.8 Å². The largest absolute Gasteiger partial charge is 0.491 e. The van der Waals surface area contributed by atoms with Gasteiger partial charge in [-0.25, -0.2) is 0 Å². The lowest BCUT2D eigenvalue weighted by Crippen LogP contribution is -2.07. The highest BCUT2D eigenvalue weighted by Crippen LogP contribution is 2.26. The van der Waals surface area contributed by atoms with Crippen LogP contribution in [0.25, 0.3) is 0 Å². The van der Waals surface area contributed by atoms with Crippen LogP contribution in [0, 0.1) is 22.0 Å². The lowest BCUT2D eigenvalue weighted by atomic mass is 10.2.